The summed E-state index contributed by atoms with van der Waals surface area (Å²) >= 11 is 0. The number of carbonyl (C=O) groups excluding carboxylic acids is 2. The first-order chi connectivity index (χ1) is 16.5. The smallest absolute Gasteiger partial charge is 0.468 e. The van der Waals surface area contributed by atoms with E-state index in [2.05, 4.69) is 20.8 Å². The molecule has 0 heterocycles. The molecule has 1 rings (SSSR count). The van der Waals surface area contributed by atoms with Crippen LogP contribution >= 0.6 is 0 Å². The Morgan fingerprint density at radius 3 is 1.86 bits per heavy atom. The third-order valence-electron chi connectivity index (χ3n) is 4.97. The largest absolute Gasteiger partial charge is 0.743 e. The molecule has 216 valence electrons. The van der Waals surface area contributed by atoms with E-state index in [0.29, 0.717) is 19.3 Å². The number of esters is 2. The Morgan fingerprint density at radius 1 is 0.919 bits per heavy atom. The van der Waals surface area contributed by atoms with E-state index in [-0.39, 0.29) is 12.8 Å². The lowest BCUT2D eigenvalue weighted by Gasteiger charge is -2.34. The van der Waals surface area contributed by atoms with Crippen molar-refractivity contribution >= 4 is 22.1 Å². The molecule has 1 aliphatic rings. The van der Waals surface area contributed by atoms with E-state index in [4.69, 9.17) is 0 Å². The van der Waals surface area contributed by atoms with Crippen LogP contribution in [0.25, 0.3) is 0 Å². The second-order valence-corrected chi connectivity index (χ2v) is 9.19. The van der Waals surface area contributed by atoms with Gasteiger partial charge < -0.3 is 18.8 Å². The maximum atomic E-state index is 13.9. The number of ether oxygens (including phenoxy) is 3. The van der Waals surface area contributed by atoms with Gasteiger partial charge in [0.1, 0.15) is 11.7 Å². The average Bonchev–Trinajstić information content (AvgIpc) is 2.73. The molecule has 0 aromatic heterocycles. The van der Waals surface area contributed by atoms with Crippen LogP contribution in [0, 0.1) is 0 Å². The Kier molecular flexibility index (Phi) is 10.0. The number of carbonyl (C=O) groups is 2. The van der Waals surface area contributed by atoms with Crippen LogP contribution in [0.1, 0.15) is 44.9 Å². The molecule has 1 atom stereocenters. The molecule has 1 saturated carbocycles. The third-order valence-corrected chi connectivity index (χ3v) is 5.90. The zero-order valence-electron chi connectivity index (χ0n) is 18.4. The van der Waals surface area contributed by atoms with Gasteiger partial charge in [-0.2, -0.15) is 43.9 Å². The van der Waals surface area contributed by atoms with Gasteiger partial charge in [0.2, 0.25) is 0 Å². The first kappa shape index (κ1) is 32.9. The summed E-state index contributed by atoms with van der Waals surface area (Å²) in [6.07, 6.45) is -15.6. The molecule has 0 aliphatic heterocycles. The lowest BCUT2D eigenvalue weighted by Crippen LogP contribution is -2.59. The second kappa shape index (κ2) is 11.3. The molecule has 0 N–H and O–H groups in total. The predicted octanol–water partition coefficient (Wildman–Crippen LogP) is 4.35. The van der Waals surface area contributed by atoms with Gasteiger partial charge in [-0.25, -0.2) is 18.0 Å². The molecule has 0 aromatic carbocycles. The Balaban J connectivity index is 3.26. The number of alkyl halides is 10. The molecule has 0 amide bonds. The molecular weight excluding hydrogens is 566 g/mol. The summed E-state index contributed by atoms with van der Waals surface area (Å²) in [6.45, 7) is 0.365. The van der Waals surface area contributed by atoms with Crippen LogP contribution in [0.3, 0.4) is 0 Å². The topological polar surface area (TPSA) is 119 Å². The van der Waals surface area contributed by atoms with Crippen molar-refractivity contribution in [2.75, 3.05) is 6.61 Å². The molecule has 0 bridgehead atoms. The van der Waals surface area contributed by atoms with Crippen LogP contribution in [-0.4, -0.2) is 66.9 Å². The standard InChI is InChI=1S/C18H20F10O8S/c1-10(16(21,22)23)12(29)36-15(17(24,25)26,13(30)35-11-6-3-2-4-7-11)34-9-5-8-14(19,20)18(27,28)37(31,32)33/h11H,1-9H2,(H,31,32,33)/p-1. The number of halogens is 10. The normalized spacial score (nSPS) is 18.1. The van der Waals surface area contributed by atoms with E-state index >= 15 is 0 Å². The maximum absolute atomic E-state index is 13.9. The SMILES string of the molecule is C=C(C(=O)OC(OCCCC(F)(F)C(F)(F)S(=O)(=O)[O-])(C(=O)OC1CCCCC1)C(F)(F)F)C(F)(F)F. The first-order valence-electron chi connectivity index (χ1n) is 10.1. The highest BCUT2D eigenvalue weighted by atomic mass is 32.2. The molecule has 1 aliphatic carbocycles. The third kappa shape index (κ3) is 7.68. The van der Waals surface area contributed by atoms with Crippen molar-refractivity contribution in [1.82, 2.24) is 0 Å². The van der Waals surface area contributed by atoms with Gasteiger partial charge in [-0.1, -0.05) is 13.0 Å². The van der Waals surface area contributed by atoms with Gasteiger partial charge in [0.25, 0.3) is 0 Å². The van der Waals surface area contributed by atoms with Crippen molar-refractivity contribution in [2.24, 2.45) is 0 Å². The van der Waals surface area contributed by atoms with Gasteiger partial charge in [0.15, 0.2) is 10.1 Å². The van der Waals surface area contributed by atoms with Crippen LogP contribution in [0.4, 0.5) is 43.9 Å². The fraction of sp³-hybridized carbons (Fsp3) is 0.778. The summed E-state index contributed by atoms with van der Waals surface area (Å²) in [5.74, 6) is -16.1. The van der Waals surface area contributed by atoms with Crippen molar-refractivity contribution in [2.45, 2.75) is 80.4 Å². The average molecular weight is 585 g/mol. The number of hydrogen-bond donors (Lipinski definition) is 0. The molecule has 37 heavy (non-hydrogen) atoms. The van der Waals surface area contributed by atoms with Crippen molar-refractivity contribution in [1.29, 1.82) is 0 Å². The lowest BCUT2D eigenvalue weighted by atomic mass is 9.98. The molecule has 1 unspecified atom stereocenters. The summed E-state index contributed by atoms with van der Waals surface area (Å²) in [4.78, 5) is 24.2. The summed E-state index contributed by atoms with van der Waals surface area (Å²) < 4.78 is 177. The molecule has 1 fully saturated rings. The van der Waals surface area contributed by atoms with Gasteiger partial charge in [-0.3, -0.25) is 0 Å². The highest BCUT2D eigenvalue weighted by Crippen LogP contribution is 2.43. The highest BCUT2D eigenvalue weighted by molar-refractivity contribution is 7.86. The van der Waals surface area contributed by atoms with E-state index in [1.54, 1.807) is 0 Å². The minimum absolute atomic E-state index is 0.00779. The van der Waals surface area contributed by atoms with Crippen molar-refractivity contribution in [3.8, 4) is 0 Å². The Bertz CT molecular complexity index is 955. The number of hydrogen-bond acceptors (Lipinski definition) is 8. The van der Waals surface area contributed by atoms with E-state index in [9.17, 15) is 66.5 Å². The second-order valence-electron chi connectivity index (χ2n) is 7.77. The minimum atomic E-state index is -6.93. The first-order valence-corrected chi connectivity index (χ1v) is 11.5. The molecule has 19 heteroatoms. The zero-order valence-corrected chi connectivity index (χ0v) is 19.2. The molecular formula is C18H19F10O8S-. The van der Waals surface area contributed by atoms with Gasteiger partial charge in [0.05, 0.1) is 6.61 Å². The van der Waals surface area contributed by atoms with Gasteiger partial charge >= 0.3 is 41.3 Å². The molecule has 0 aromatic rings. The Morgan fingerprint density at radius 2 is 1.43 bits per heavy atom. The molecule has 0 spiro atoms. The summed E-state index contributed by atoms with van der Waals surface area (Å²) in [6, 6.07) is 0. The van der Waals surface area contributed by atoms with E-state index < -0.39 is 82.5 Å². The fourth-order valence-corrected chi connectivity index (χ4v) is 3.41. The number of rotatable bonds is 11. The molecule has 0 radical (unpaired) electrons. The lowest BCUT2D eigenvalue weighted by molar-refractivity contribution is -0.357. The summed E-state index contributed by atoms with van der Waals surface area (Å²) in [7, 11) is -6.93. The van der Waals surface area contributed by atoms with Crippen LogP contribution in [0.5, 0.6) is 0 Å². The van der Waals surface area contributed by atoms with Gasteiger partial charge in [-0.15, -0.1) is 0 Å². The van der Waals surface area contributed by atoms with Crippen LogP contribution in [-0.2, 0) is 33.9 Å². The van der Waals surface area contributed by atoms with Crippen molar-refractivity contribution < 1.29 is 80.7 Å². The zero-order chi connectivity index (χ0) is 29.1. The molecule has 8 nitrogen and oxygen atoms in total. The summed E-state index contributed by atoms with van der Waals surface area (Å²) in [5, 5.41) is -6.20. The quantitative estimate of drug-likeness (QED) is 0.0877. The van der Waals surface area contributed by atoms with E-state index in [1.165, 1.54) is 0 Å². The van der Waals surface area contributed by atoms with Crippen LogP contribution in [0.2, 0.25) is 0 Å². The molecule has 0 saturated heterocycles. The monoisotopic (exact) mass is 585 g/mol. The van der Waals surface area contributed by atoms with E-state index in [1.807, 2.05) is 0 Å². The summed E-state index contributed by atoms with van der Waals surface area (Å²) in [5.41, 5.74) is -2.53. The van der Waals surface area contributed by atoms with Crippen LogP contribution in [0.15, 0.2) is 12.2 Å². The van der Waals surface area contributed by atoms with Crippen LogP contribution < -0.4 is 0 Å². The predicted molar refractivity (Wildman–Crippen MR) is 97.8 cm³/mol. The maximum Gasteiger partial charge on any atom is 0.468 e. The highest BCUT2D eigenvalue weighted by Gasteiger charge is 2.69. The Labute approximate surface area is 202 Å². The Hall–Kier alpha value is -2.15. The van der Waals surface area contributed by atoms with Crippen molar-refractivity contribution in [3.05, 3.63) is 12.2 Å². The van der Waals surface area contributed by atoms with Crippen molar-refractivity contribution in [3.63, 3.8) is 0 Å². The minimum Gasteiger partial charge on any atom is -0.743 e. The van der Waals surface area contributed by atoms with Gasteiger partial charge in [-0.05, 0) is 32.1 Å². The van der Waals surface area contributed by atoms with E-state index in [0.717, 1.165) is 0 Å². The van der Waals surface area contributed by atoms with Gasteiger partial charge in [0, 0.05) is 6.42 Å². The fourth-order valence-electron chi connectivity index (χ4n) is 2.94.